The molecule has 31 heavy (non-hydrogen) atoms. The van der Waals surface area contributed by atoms with Crippen LogP contribution in [-0.4, -0.2) is 28.9 Å². The second-order valence-corrected chi connectivity index (χ2v) is 8.96. The lowest BCUT2D eigenvalue weighted by Gasteiger charge is -2.16. The maximum atomic E-state index is 13.2. The average molecular weight is 447 g/mol. The maximum Gasteiger partial charge on any atom is 0.354 e. The Labute approximate surface area is 182 Å². The minimum atomic E-state index is -3.43. The molecule has 1 heterocycles. The number of aromatic nitrogens is 1. The van der Waals surface area contributed by atoms with Crippen LogP contribution < -0.4 is 5.56 Å². The van der Waals surface area contributed by atoms with E-state index < -0.39 is 13.6 Å². The summed E-state index contributed by atoms with van der Waals surface area (Å²) in [5, 5.41) is 9.00. The predicted molar refractivity (Wildman–Crippen MR) is 121 cm³/mol. The van der Waals surface area contributed by atoms with E-state index in [-0.39, 0.29) is 25.2 Å². The summed E-state index contributed by atoms with van der Waals surface area (Å²) in [6.45, 7) is 6.19. The molecule has 1 aromatic heterocycles. The molecule has 0 aliphatic heterocycles. The smallest absolute Gasteiger partial charge is 0.354 e. The van der Waals surface area contributed by atoms with Gasteiger partial charge in [-0.1, -0.05) is 30.3 Å². The molecule has 8 heteroatoms. The third-order valence-electron chi connectivity index (χ3n) is 4.67. The van der Waals surface area contributed by atoms with Gasteiger partial charge in [0.05, 0.1) is 19.8 Å². The zero-order valence-electron chi connectivity index (χ0n) is 18.2. The molecule has 0 bridgehead atoms. The Hall–Kier alpha value is -2.47. The zero-order chi connectivity index (χ0) is 22.9. The molecule has 2 rings (SSSR count). The van der Waals surface area contributed by atoms with Crippen LogP contribution in [0.5, 0.6) is 0 Å². The fourth-order valence-corrected chi connectivity index (χ4v) is 4.62. The summed E-state index contributed by atoms with van der Waals surface area (Å²) in [5.41, 5.74) is 2.73. The van der Waals surface area contributed by atoms with Crippen LogP contribution in [0, 0.1) is 6.92 Å². The first kappa shape index (κ1) is 24.8. The molecule has 1 N–H and O–H groups in total. The van der Waals surface area contributed by atoms with Gasteiger partial charge in [0, 0.05) is 24.0 Å². The molecule has 0 saturated heterocycles. The van der Waals surface area contributed by atoms with Gasteiger partial charge in [0.15, 0.2) is 0 Å². The van der Waals surface area contributed by atoms with Gasteiger partial charge in [-0.25, -0.2) is 0 Å². The highest BCUT2D eigenvalue weighted by molar-refractivity contribution is 7.57. The van der Waals surface area contributed by atoms with Crippen molar-refractivity contribution in [2.45, 2.75) is 46.6 Å². The number of pyridine rings is 1. The second-order valence-electron chi connectivity index (χ2n) is 7.06. The Balaban J connectivity index is 2.48. The van der Waals surface area contributed by atoms with Crippen LogP contribution in [0.25, 0.3) is 6.08 Å². The fraction of sp³-hybridized carbons (Fsp3) is 0.391. The van der Waals surface area contributed by atoms with Crippen molar-refractivity contribution in [3.05, 3.63) is 75.0 Å². The standard InChI is InChI=1S/C23H30NO6P/c1-4-29-31(28,30-5-2)15-14-20-18(3)16-24(17-19-10-7-6-8-11-19)23(27)21(20)12-9-13-22(25)26/h6-8,10-11,14-16H,4-5,9,12-13,17H2,1-3H3,(H,25,26)/b15-14+. The van der Waals surface area contributed by atoms with E-state index in [2.05, 4.69) is 0 Å². The van der Waals surface area contributed by atoms with E-state index in [4.69, 9.17) is 14.2 Å². The molecule has 0 atom stereocenters. The van der Waals surface area contributed by atoms with Gasteiger partial charge in [-0.05, 0) is 56.4 Å². The summed E-state index contributed by atoms with van der Waals surface area (Å²) in [7, 11) is -3.43. The van der Waals surface area contributed by atoms with Crippen LogP contribution in [0.15, 0.2) is 47.1 Å². The van der Waals surface area contributed by atoms with Crippen molar-refractivity contribution in [1.29, 1.82) is 0 Å². The Morgan fingerprint density at radius 2 is 1.81 bits per heavy atom. The zero-order valence-corrected chi connectivity index (χ0v) is 19.1. The molecule has 168 valence electrons. The number of aliphatic carboxylic acids is 1. The van der Waals surface area contributed by atoms with E-state index in [1.54, 1.807) is 30.7 Å². The van der Waals surface area contributed by atoms with Crippen LogP contribution >= 0.6 is 7.60 Å². The quantitative estimate of drug-likeness (QED) is 0.468. The van der Waals surface area contributed by atoms with Gasteiger partial charge in [0.1, 0.15) is 0 Å². The summed E-state index contributed by atoms with van der Waals surface area (Å²) in [4.78, 5) is 24.2. The Bertz CT molecular complexity index is 1000. The topological polar surface area (TPSA) is 94.8 Å². The summed E-state index contributed by atoms with van der Waals surface area (Å²) < 4.78 is 25.0. The van der Waals surface area contributed by atoms with Gasteiger partial charge < -0.3 is 18.7 Å². The van der Waals surface area contributed by atoms with E-state index in [1.807, 2.05) is 37.3 Å². The Morgan fingerprint density at radius 1 is 1.16 bits per heavy atom. The fourth-order valence-electron chi connectivity index (χ4n) is 3.33. The third-order valence-corrected chi connectivity index (χ3v) is 6.42. The van der Waals surface area contributed by atoms with E-state index in [9.17, 15) is 14.2 Å². The first-order chi connectivity index (χ1) is 14.8. The van der Waals surface area contributed by atoms with Crippen molar-refractivity contribution < 1.29 is 23.5 Å². The molecule has 2 aromatic rings. The normalized spacial score (nSPS) is 11.8. The SMILES string of the molecule is CCOP(=O)(/C=C/c1c(C)cn(Cc2ccccc2)c(=O)c1CCCC(=O)O)OCC. The number of hydrogen-bond acceptors (Lipinski definition) is 5. The van der Waals surface area contributed by atoms with Crippen molar-refractivity contribution >= 4 is 19.6 Å². The Morgan fingerprint density at radius 3 is 2.39 bits per heavy atom. The van der Waals surface area contributed by atoms with Crippen molar-refractivity contribution in [3.63, 3.8) is 0 Å². The van der Waals surface area contributed by atoms with Crippen molar-refractivity contribution in [1.82, 2.24) is 4.57 Å². The number of hydrogen-bond donors (Lipinski definition) is 1. The highest BCUT2D eigenvalue weighted by Gasteiger charge is 2.20. The third kappa shape index (κ3) is 7.31. The minimum Gasteiger partial charge on any atom is -0.481 e. The second kappa shape index (κ2) is 11.8. The summed E-state index contributed by atoms with van der Waals surface area (Å²) in [5.74, 6) is 0.468. The molecule has 0 fully saturated rings. The lowest BCUT2D eigenvalue weighted by molar-refractivity contribution is -0.137. The molecule has 0 aliphatic carbocycles. The molecule has 1 aromatic carbocycles. The van der Waals surface area contributed by atoms with E-state index in [0.29, 0.717) is 30.5 Å². The van der Waals surface area contributed by atoms with Crippen molar-refractivity contribution in [2.75, 3.05) is 13.2 Å². The molecule has 0 aliphatic rings. The molecule has 0 spiro atoms. The molecule has 7 nitrogen and oxygen atoms in total. The van der Waals surface area contributed by atoms with Crippen LogP contribution in [0.3, 0.4) is 0 Å². The first-order valence-corrected chi connectivity index (χ1v) is 12.0. The number of carboxylic acid groups (broad SMARTS) is 1. The summed E-state index contributed by atoms with van der Waals surface area (Å²) in [6, 6.07) is 9.63. The number of carbonyl (C=O) groups is 1. The maximum absolute atomic E-state index is 13.2. The molecule has 0 amide bonds. The summed E-state index contributed by atoms with van der Waals surface area (Å²) in [6.07, 6.45) is 3.96. The molecular weight excluding hydrogens is 417 g/mol. The lowest BCUT2D eigenvalue weighted by Crippen LogP contribution is -2.26. The van der Waals surface area contributed by atoms with Crippen LogP contribution in [0.4, 0.5) is 0 Å². The highest BCUT2D eigenvalue weighted by Crippen LogP contribution is 2.50. The lowest BCUT2D eigenvalue weighted by atomic mass is 10.00. The van der Waals surface area contributed by atoms with E-state index in [1.165, 1.54) is 5.82 Å². The average Bonchev–Trinajstić information content (AvgIpc) is 2.71. The van der Waals surface area contributed by atoms with Crippen LogP contribution in [0.2, 0.25) is 0 Å². The van der Waals surface area contributed by atoms with Gasteiger partial charge in [-0.3, -0.25) is 14.2 Å². The number of rotatable bonds is 12. The van der Waals surface area contributed by atoms with Crippen LogP contribution in [-0.2, 0) is 31.4 Å². The Kier molecular flexibility index (Phi) is 9.44. The van der Waals surface area contributed by atoms with Gasteiger partial charge >= 0.3 is 13.6 Å². The monoisotopic (exact) mass is 447 g/mol. The van der Waals surface area contributed by atoms with Crippen molar-refractivity contribution in [2.24, 2.45) is 0 Å². The predicted octanol–water partition coefficient (Wildman–Crippen LogP) is 4.85. The number of benzene rings is 1. The summed E-state index contributed by atoms with van der Waals surface area (Å²) >= 11 is 0. The minimum absolute atomic E-state index is 0.0361. The van der Waals surface area contributed by atoms with Crippen molar-refractivity contribution in [3.8, 4) is 0 Å². The molecule has 0 saturated carbocycles. The highest BCUT2D eigenvalue weighted by atomic mass is 31.2. The van der Waals surface area contributed by atoms with Gasteiger partial charge in [0.2, 0.25) is 0 Å². The number of carboxylic acids is 1. The van der Waals surface area contributed by atoms with Gasteiger partial charge in [0.25, 0.3) is 5.56 Å². The first-order valence-electron chi connectivity index (χ1n) is 10.4. The van der Waals surface area contributed by atoms with E-state index >= 15 is 0 Å². The molecular formula is C23H30NO6P. The molecule has 0 unspecified atom stereocenters. The van der Waals surface area contributed by atoms with E-state index in [0.717, 1.165) is 11.1 Å². The number of aryl methyl sites for hydroxylation is 1. The van der Waals surface area contributed by atoms with Gasteiger partial charge in [-0.2, -0.15) is 0 Å². The number of nitrogens with zero attached hydrogens (tertiary/aromatic N) is 1. The van der Waals surface area contributed by atoms with Crippen LogP contribution in [0.1, 0.15) is 48.9 Å². The largest absolute Gasteiger partial charge is 0.481 e. The van der Waals surface area contributed by atoms with Gasteiger partial charge in [-0.15, -0.1) is 0 Å². The molecule has 0 radical (unpaired) electrons.